The number of carbonyl (C=O) groups excluding carboxylic acids is 1. The minimum absolute atomic E-state index is 0.222. The zero-order chi connectivity index (χ0) is 17.1. The van der Waals surface area contributed by atoms with Crippen molar-refractivity contribution < 1.29 is 19.1 Å². The van der Waals surface area contributed by atoms with Crippen LogP contribution in [-0.2, 0) is 9.59 Å². The Morgan fingerprint density at radius 3 is 2.57 bits per heavy atom. The van der Waals surface area contributed by atoms with Crippen LogP contribution in [0.25, 0.3) is 6.08 Å². The van der Waals surface area contributed by atoms with E-state index in [9.17, 15) is 19.1 Å². The monoisotopic (exact) mass is 353 g/mol. The fourth-order valence-corrected chi connectivity index (χ4v) is 3.59. The predicted molar refractivity (Wildman–Crippen MR) is 92.3 cm³/mol. The number of hydrogen-bond donors (Lipinski definition) is 1. The SMILES string of the molecule is CC[C@@H](C)[C@@H](C(=O)O)N1C(=O)/C(=C/c2ccc(F)cc2)SC1=S. The van der Waals surface area contributed by atoms with Crippen LogP contribution in [0, 0.1) is 11.7 Å². The van der Waals surface area contributed by atoms with Crippen molar-refractivity contribution in [1.29, 1.82) is 0 Å². The summed E-state index contributed by atoms with van der Waals surface area (Å²) in [6.45, 7) is 3.65. The van der Waals surface area contributed by atoms with Gasteiger partial charge in [-0.25, -0.2) is 9.18 Å². The smallest absolute Gasteiger partial charge is 0.327 e. The first-order chi connectivity index (χ1) is 10.8. The van der Waals surface area contributed by atoms with Crippen molar-refractivity contribution in [2.45, 2.75) is 26.3 Å². The molecule has 0 aromatic heterocycles. The van der Waals surface area contributed by atoms with Crippen molar-refractivity contribution >= 4 is 46.3 Å². The fraction of sp³-hybridized carbons (Fsp3) is 0.312. The topological polar surface area (TPSA) is 57.6 Å². The number of rotatable bonds is 5. The first-order valence-corrected chi connectivity index (χ1v) is 8.33. The average Bonchev–Trinajstić information content (AvgIpc) is 2.77. The first kappa shape index (κ1) is 17.6. The van der Waals surface area contributed by atoms with E-state index in [2.05, 4.69) is 0 Å². The van der Waals surface area contributed by atoms with Crippen LogP contribution < -0.4 is 0 Å². The number of halogens is 1. The van der Waals surface area contributed by atoms with Gasteiger partial charge < -0.3 is 5.11 Å². The van der Waals surface area contributed by atoms with E-state index in [1.165, 1.54) is 17.0 Å². The summed E-state index contributed by atoms with van der Waals surface area (Å²) in [6.07, 6.45) is 2.21. The van der Waals surface area contributed by atoms with Gasteiger partial charge in [0.1, 0.15) is 16.2 Å². The maximum absolute atomic E-state index is 12.9. The minimum atomic E-state index is -1.07. The van der Waals surface area contributed by atoms with Crippen molar-refractivity contribution in [2.24, 2.45) is 5.92 Å². The summed E-state index contributed by atoms with van der Waals surface area (Å²) in [5.41, 5.74) is 0.655. The maximum Gasteiger partial charge on any atom is 0.327 e. The van der Waals surface area contributed by atoms with Crippen LogP contribution >= 0.6 is 24.0 Å². The molecule has 4 nitrogen and oxygen atoms in total. The lowest BCUT2D eigenvalue weighted by atomic mass is 9.98. The number of benzene rings is 1. The molecular formula is C16H16FNO3S2. The normalized spacial score (nSPS) is 19.3. The molecule has 2 rings (SSSR count). The molecule has 1 aromatic carbocycles. The van der Waals surface area contributed by atoms with E-state index in [4.69, 9.17) is 12.2 Å². The molecule has 1 heterocycles. The third-order valence-corrected chi connectivity index (χ3v) is 5.04. The average molecular weight is 353 g/mol. The summed E-state index contributed by atoms with van der Waals surface area (Å²) in [7, 11) is 0. The van der Waals surface area contributed by atoms with Crippen molar-refractivity contribution in [3.05, 3.63) is 40.6 Å². The van der Waals surface area contributed by atoms with Gasteiger partial charge in [0.15, 0.2) is 0 Å². The van der Waals surface area contributed by atoms with Crippen LogP contribution in [0.15, 0.2) is 29.2 Å². The Morgan fingerprint density at radius 1 is 1.43 bits per heavy atom. The van der Waals surface area contributed by atoms with E-state index in [1.807, 2.05) is 6.92 Å². The van der Waals surface area contributed by atoms with E-state index in [0.29, 0.717) is 16.9 Å². The molecule has 1 N–H and O–H groups in total. The van der Waals surface area contributed by atoms with Crippen molar-refractivity contribution in [1.82, 2.24) is 4.90 Å². The molecule has 0 unspecified atom stereocenters. The Balaban J connectivity index is 2.32. The van der Waals surface area contributed by atoms with Gasteiger partial charge in [-0.1, -0.05) is 56.4 Å². The van der Waals surface area contributed by atoms with Gasteiger partial charge in [0.25, 0.3) is 5.91 Å². The van der Waals surface area contributed by atoms with Crippen LogP contribution in [0.5, 0.6) is 0 Å². The molecule has 23 heavy (non-hydrogen) atoms. The number of aliphatic carboxylic acids is 1. The molecule has 1 saturated heterocycles. The van der Waals surface area contributed by atoms with Crippen LogP contribution in [0.4, 0.5) is 4.39 Å². The molecule has 7 heteroatoms. The highest BCUT2D eigenvalue weighted by atomic mass is 32.2. The highest BCUT2D eigenvalue weighted by Gasteiger charge is 2.42. The fourth-order valence-electron chi connectivity index (χ4n) is 2.26. The van der Waals surface area contributed by atoms with Gasteiger partial charge in [0.2, 0.25) is 0 Å². The molecule has 1 aliphatic heterocycles. The number of thiocarbonyl (C=S) groups is 1. The number of carboxylic acid groups (broad SMARTS) is 1. The molecule has 1 aliphatic rings. The third kappa shape index (κ3) is 3.79. The lowest BCUT2D eigenvalue weighted by Crippen LogP contribution is -2.47. The van der Waals surface area contributed by atoms with Gasteiger partial charge in [-0.05, 0) is 29.7 Å². The highest BCUT2D eigenvalue weighted by molar-refractivity contribution is 8.26. The number of amides is 1. The second kappa shape index (κ2) is 7.23. The Hall–Kier alpha value is -1.73. The van der Waals surface area contributed by atoms with Crippen LogP contribution in [0.2, 0.25) is 0 Å². The summed E-state index contributed by atoms with van der Waals surface area (Å²) in [5, 5.41) is 9.45. The summed E-state index contributed by atoms with van der Waals surface area (Å²) < 4.78 is 13.2. The van der Waals surface area contributed by atoms with Gasteiger partial charge in [-0.15, -0.1) is 0 Å². The number of hydrogen-bond acceptors (Lipinski definition) is 4. The van der Waals surface area contributed by atoms with Crippen LogP contribution in [-0.4, -0.2) is 32.2 Å². The standard InChI is InChI=1S/C16H16FNO3S2/c1-3-9(2)13(15(20)21)18-14(19)12(23-16(18)22)8-10-4-6-11(17)7-5-10/h4-9,13H,3H2,1-2H3,(H,20,21)/b12-8-/t9-,13+/m1/s1. The van der Waals surface area contributed by atoms with E-state index in [-0.39, 0.29) is 16.1 Å². The zero-order valence-electron chi connectivity index (χ0n) is 12.7. The van der Waals surface area contributed by atoms with Gasteiger partial charge in [0.05, 0.1) is 4.91 Å². The van der Waals surface area contributed by atoms with Crippen molar-refractivity contribution in [3.63, 3.8) is 0 Å². The number of thioether (sulfide) groups is 1. The second-order valence-corrected chi connectivity index (χ2v) is 6.95. The van der Waals surface area contributed by atoms with E-state index >= 15 is 0 Å². The Kier molecular flexibility index (Phi) is 5.54. The lowest BCUT2D eigenvalue weighted by molar-refractivity contribution is -0.147. The van der Waals surface area contributed by atoms with E-state index in [0.717, 1.165) is 11.8 Å². The van der Waals surface area contributed by atoms with E-state index < -0.39 is 17.9 Å². The Labute approximate surface area is 143 Å². The molecule has 122 valence electrons. The predicted octanol–water partition coefficient (Wildman–Crippen LogP) is 3.53. The minimum Gasteiger partial charge on any atom is -0.480 e. The molecule has 0 bridgehead atoms. The summed E-state index contributed by atoms with van der Waals surface area (Å²) in [4.78, 5) is 25.6. The molecule has 0 saturated carbocycles. The third-order valence-electron chi connectivity index (χ3n) is 3.71. The molecule has 1 fully saturated rings. The van der Waals surface area contributed by atoms with Crippen molar-refractivity contribution in [2.75, 3.05) is 0 Å². The Morgan fingerprint density at radius 2 is 2.04 bits per heavy atom. The molecular weight excluding hydrogens is 337 g/mol. The number of carboxylic acids is 1. The summed E-state index contributed by atoms with van der Waals surface area (Å²) in [5.74, 6) is -2.08. The van der Waals surface area contributed by atoms with Gasteiger partial charge in [0, 0.05) is 0 Å². The van der Waals surface area contributed by atoms with Crippen LogP contribution in [0.1, 0.15) is 25.8 Å². The van der Waals surface area contributed by atoms with Gasteiger partial charge >= 0.3 is 5.97 Å². The largest absolute Gasteiger partial charge is 0.480 e. The molecule has 1 amide bonds. The number of nitrogens with zero attached hydrogens (tertiary/aromatic N) is 1. The maximum atomic E-state index is 12.9. The Bertz CT molecular complexity index is 672. The number of carbonyl (C=O) groups is 2. The van der Waals surface area contributed by atoms with Crippen LogP contribution in [0.3, 0.4) is 0 Å². The molecule has 0 spiro atoms. The molecule has 2 atom stereocenters. The summed E-state index contributed by atoms with van der Waals surface area (Å²) in [6, 6.07) is 4.71. The first-order valence-electron chi connectivity index (χ1n) is 7.10. The molecule has 1 aromatic rings. The summed E-state index contributed by atoms with van der Waals surface area (Å²) >= 11 is 6.26. The van der Waals surface area contributed by atoms with Crippen molar-refractivity contribution in [3.8, 4) is 0 Å². The van der Waals surface area contributed by atoms with Gasteiger partial charge in [-0.3, -0.25) is 9.69 Å². The molecule has 0 aliphatic carbocycles. The van der Waals surface area contributed by atoms with E-state index in [1.54, 1.807) is 25.1 Å². The second-order valence-electron chi connectivity index (χ2n) is 5.27. The quantitative estimate of drug-likeness (QED) is 0.648. The highest BCUT2D eigenvalue weighted by Crippen LogP contribution is 2.35. The lowest BCUT2D eigenvalue weighted by Gasteiger charge is -2.27. The zero-order valence-corrected chi connectivity index (χ0v) is 14.3. The molecule has 0 radical (unpaired) electrons. The van der Waals surface area contributed by atoms with Gasteiger partial charge in [-0.2, -0.15) is 0 Å².